The molecule has 1 fully saturated rings. The number of benzene rings is 3. The van der Waals surface area contributed by atoms with Crippen LogP contribution in [0.15, 0.2) is 77.8 Å². The second kappa shape index (κ2) is 9.86. The van der Waals surface area contributed by atoms with Gasteiger partial charge in [-0.05, 0) is 54.1 Å². The van der Waals surface area contributed by atoms with E-state index in [4.69, 9.17) is 9.47 Å². The monoisotopic (exact) mass is 417 g/mol. The Morgan fingerprint density at radius 2 is 1.71 bits per heavy atom. The van der Waals surface area contributed by atoms with E-state index in [9.17, 15) is 10.1 Å². The summed E-state index contributed by atoms with van der Waals surface area (Å²) in [7, 11) is 0. The number of non-ortho nitro benzene ring substituents is 1. The molecule has 1 saturated heterocycles. The molecule has 0 spiro atoms. The minimum atomic E-state index is -0.413. The maximum absolute atomic E-state index is 10.8. The second-order valence-corrected chi connectivity index (χ2v) is 7.12. The van der Waals surface area contributed by atoms with Gasteiger partial charge >= 0.3 is 0 Å². The Morgan fingerprint density at radius 3 is 2.42 bits per heavy atom. The van der Waals surface area contributed by atoms with Gasteiger partial charge in [0.05, 0.1) is 23.8 Å². The van der Waals surface area contributed by atoms with E-state index >= 15 is 0 Å². The lowest BCUT2D eigenvalue weighted by molar-refractivity contribution is -0.384. The van der Waals surface area contributed by atoms with Crippen LogP contribution in [0.2, 0.25) is 0 Å². The van der Waals surface area contributed by atoms with Gasteiger partial charge in [0.2, 0.25) is 0 Å². The fourth-order valence-corrected chi connectivity index (χ4v) is 3.31. The van der Waals surface area contributed by atoms with Gasteiger partial charge < -0.3 is 14.4 Å². The van der Waals surface area contributed by atoms with Gasteiger partial charge in [0.15, 0.2) is 0 Å². The Labute approximate surface area is 180 Å². The van der Waals surface area contributed by atoms with Crippen molar-refractivity contribution in [3.63, 3.8) is 0 Å². The Balaban J connectivity index is 1.40. The molecule has 7 heteroatoms. The first-order valence-electron chi connectivity index (χ1n) is 10.1. The van der Waals surface area contributed by atoms with E-state index in [1.165, 1.54) is 17.8 Å². The number of nitro benzene ring substituents is 1. The number of hydrogen-bond acceptors (Lipinski definition) is 6. The Morgan fingerprint density at radius 1 is 1.00 bits per heavy atom. The van der Waals surface area contributed by atoms with E-state index in [1.807, 2.05) is 36.4 Å². The molecule has 1 aliphatic rings. The van der Waals surface area contributed by atoms with E-state index in [2.05, 4.69) is 22.0 Å². The number of rotatable bonds is 7. The average molecular weight is 417 g/mol. The third kappa shape index (κ3) is 5.46. The minimum Gasteiger partial charge on any atom is -0.488 e. The first-order valence-corrected chi connectivity index (χ1v) is 10.1. The second-order valence-electron chi connectivity index (χ2n) is 7.12. The highest BCUT2D eigenvalue weighted by Crippen LogP contribution is 2.23. The fourth-order valence-electron chi connectivity index (χ4n) is 3.31. The number of nitro groups is 1. The molecule has 1 aliphatic heterocycles. The van der Waals surface area contributed by atoms with Crippen molar-refractivity contribution in [2.24, 2.45) is 4.99 Å². The van der Waals surface area contributed by atoms with Crippen molar-refractivity contribution in [1.29, 1.82) is 0 Å². The number of ether oxygens (including phenoxy) is 2. The molecule has 4 rings (SSSR count). The van der Waals surface area contributed by atoms with Crippen LogP contribution in [0.5, 0.6) is 5.75 Å². The van der Waals surface area contributed by atoms with E-state index in [1.54, 1.807) is 18.3 Å². The van der Waals surface area contributed by atoms with Gasteiger partial charge in [0, 0.05) is 42.7 Å². The van der Waals surface area contributed by atoms with E-state index in [0.717, 1.165) is 43.1 Å². The maximum atomic E-state index is 10.8. The lowest BCUT2D eigenvalue weighted by Gasteiger charge is -2.28. The number of nitrogens with zero attached hydrogens (tertiary/aromatic N) is 3. The molecule has 3 aromatic rings. The molecule has 1 heterocycles. The normalized spacial score (nSPS) is 14.0. The van der Waals surface area contributed by atoms with Gasteiger partial charge in [-0.3, -0.25) is 15.1 Å². The zero-order valence-electron chi connectivity index (χ0n) is 17.0. The molecule has 0 N–H and O–H groups in total. The molecule has 0 unspecified atom stereocenters. The van der Waals surface area contributed by atoms with Crippen molar-refractivity contribution in [3.8, 4) is 5.75 Å². The van der Waals surface area contributed by atoms with Crippen LogP contribution in [0.3, 0.4) is 0 Å². The standard InChI is InChI=1S/C24H23N3O4/c28-27(29)23-9-5-19(6-10-23)18-31-24-4-2-1-3-20(24)17-25-21-7-11-22(12-8-21)26-13-15-30-16-14-26/h1-12,17H,13-16,18H2. The molecule has 0 saturated carbocycles. The van der Waals surface area contributed by atoms with Crippen LogP contribution in [0.4, 0.5) is 17.1 Å². The van der Waals surface area contributed by atoms with Gasteiger partial charge in [-0.15, -0.1) is 0 Å². The Hall–Kier alpha value is -3.71. The number of para-hydroxylation sites is 1. The summed E-state index contributed by atoms with van der Waals surface area (Å²) < 4.78 is 11.3. The number of hydrogen-bond donors (Lipinski definition) is 0. The summed E-state index contributed by atoms with van der Waals surface area (Å²) in [4.78, 5) is 17.3. The van der Waals surface area contributed by atoms with Crippen molar-refractivity contribution >= 4 is 23.3 Å². The SMILES string of the molecule is O=[N+]([O-])c1ccc(COc2ccccc2C=Nc2ccc(N3CCOCC3)cc2)cc1. The van der Waals surface area contributed by atoms with Gasteiger partial charge in [-0.1, -0.05) is 12.1 Å². The van der Waals surface area contributed by atoms with Crippen molar-refractivity contribution in [3.05, 3.63) is 94.0 Å². The van der Waals surface area contributed by atoms with Crippen molar-refractivity contribution in [2.45, 2.75) is 6.61 Å². The van der Waals surface area contributed by atoms with Gasteiger partial charge in [-0.25, -0.2) is 0 Å². The summed E-state index contributed by atoms with van der Waals surface area (Å²) in [5, 5.41) is 10.8. The molecule has 0 aliphatic carbocycles. The van der Waals surface area contributed by atoms with Gasteiger partial charge in [-0.2, -0.15) is 0 Å². The Bertz CT molecular complexity index is 1040. The molecular weight excluding hydrogens is 394 g/mol. The van der Waals surface area contributed by atoms with Crippen LogP contribution in [0, 0.1) is 10.1 Å². The zero-order chi connectivity index (χ0) is 21.5. The average Bonchev–Trinajstić information content (AvgIpc) is 2.83. The molecular formula is C24H23N3O4. The summed E-state index contributed by atoms with van der Waals surface area (Å²) >= 11 is 0. The largest absolute Gasteiger partial charge is 0.488 e. The minimum absolute atomic E-state index is 0.0657. The van der Waals surface area contributed by atoms with E-state index in [0.29, 0.717) is 12.4 Å². The molecule has 31 heavy (non-hydrogen) atoms. The molecule has 0 atom stereocenters. The van der Waals surface area contributed by atoms with Gasteiger partial charge in [0.1, 0.15) is 12.4 Å². The summed E-state index contributed by atoms with van der Waals surface area (Å²) in [6.45, 7) is 3.65. The predicted molar refractivity (Wildman–Crippen MR) is 121 cm³/mol. The smallest absolute Gasteiger partial charge is 0.269 e. The number of morpholine rings is 1. The quantitative estimate of drug-likeness (QED) is 0.315. The third-order valence-electron chi connectivity index (χ3n) is 5.04. The van der Waals surface area contributed by atoms with E-state index < -0.39 is 4.92 Å². The van der Waals surface area contributed by atoms with Crippen molar-refractivity contribution < 1.29 is 14.4 Å². The molecule has 158 valence electrons. The molecule has 0 amide bonds. The van der Waals surface area contributed by atoms with Crippen molar-refractivity contribution in [2.75, 3.05) is 31.2 Å². The summed E-state index contributed by atoms with van der Waals surface area (Å²) in [6.07, 6.45) is 1.79. The third-order valence-corrected chi connectivity index (χ3v) is 5.04. The van der Waals surface area contributed by atoms with E-state index in [-0.39, 0.29) is 5.69 Å². The van der Waals surface area contributed by atoms with Crippen molar-refractivity contribution in [1.82, 2.24) is 0 Å². The van der Waals surface area contributed by atoms with Crippen LogP contribution in [-0.2, 0) is 11.3 Å². The van der Waals surface area contributed by atoms with Crippen LogP contribution < -0.4 is 9.64 Å². The highest BCUT2D eigenvalue weighted by atomic mass is 16.6. The first-order chi connectivity index (χ1) is 15.2. The topological polar surface area (TPSA) is 77.2 Å². The van der Waals surface area contributed by atoms with Gasteiger partial charge in [0.25, 0.3) is 5.69 Å². The van der Waals surface area contributed by atoms with Crippen LogP contribution >= 0.6 is 0 Å². The lowest BCUT2D eigenvalue weighted by Crippen LogP contribution is -2.36. The summed E-state index contributed by atoms with van der Waals surface area (Å²) in [5.41, 5.74) is 3.82. The first kappa shape index (κ1) is 20.6. The van der Waals surface area contributed by atoms with Crippen LogP contribution in [-0.4, -0.2) is 37.4 Å². The zero-order valence-corrected chi connectivity index (χ0v) is 17.0. The fraction of sp³-hybridized carbons (Fsp3) is 0.208. The number of aliphatic imine (C=N–C) groups is 1. The molecule has 7 nitrogen and oxygen atoms in total. The molecule has 0 bridgehead atoms. The summed E-state index contributed by atoms with van der Waals surface area (Å²) in [5.74, 6) is 0.703. The molecule has 0 aromatic heterocycles. The van der Waals surface area contributed by atoms with Crippen LogP contribution in [0.1, 0.15) is 11.1 Å². The van der Waals surface area contributed by atoms with Crippen LogP contribution in [0.25, 0.3) is 0 Å². The summed E-state index contributed by atoms with van der Waals surface area (Å²) in [6, 6.07) is 22.2. The maximum Gasteiger partial charge on any atom is 0.269 e. The number of anilines is 1. The highest BCUT2D eigenvalue weighted by molar-refractivity contribution is 5.85. The highest BCUT2D eigenvalue weighted by Gasteiger charge is 2.10. The Kier molecular flexibility index (Phi) is 6.54. The predicted octanol–water partition coefficient (Wildman–Crippen LogP) is 4.76. The lowest BCUT2D eigenvalue weighted by atomic mass is 10.2. The molecule has 0 radical (unpaired) electrons. The molecule has 3 aromatic carbocycles.